The molecule has 0 heterocycles. The Morgan fingerprint density at radius 3 is 1.56 bits per heavy atom. The minimum atomic E-state index is -1.89. The molecule has 1 saturated carbocycles. The molecular weight excluding hydrogens is 643 g/mol. The third kappa shape index (κ3) is 8.84. The third-order valence-electron chi connectivity index (χ3n) is 9.83. The molecule has 0 N–H and O–H groups in total. The Balaban J connectivity index is 1.52. The molecule has 252 valence electrons. The van der Waals surface area contributed by atoms with Crippen LogP contribution in [0.25, 0.3) is 5.57 Å². The lowest BCUT2D eigenvalue weighted by atomic mass is 9.74. The van der Waals surface area contributed by atoms with Crippen molar-refractivity contribution in [2.45, 2.75) is 96.9 Å². The molecule has 1 aromatic carbocycles. The molecule has 1 fully saturated rings. The lowest BCUT2D eigenvalue weighted by Gasteiger charge is -2.57. The van der Waals surface area contributed by atoms with Crippen LogP contribution in [-0.4, -0.2) is 23.9 Å². The van der Waals surface area contributed by atoms with Gasteiger partial charge in [0.1, 0.15) is 8.24 Å². The molecule has 0 amide bonds. The van der Waals surface area contributed by atoms with Crippen molar-refractivity contribution in [3.8, 4) is 131 Å². The number of hydrogen-bond acceptors (Lipinski definition) is 1. The first-order valence-corrected chi connectivity index (χ1v) is 20.5. The third-order valence-corrected chi connectivity index (χ3v) is 14.8. The lowest BCUT2D eigenvalue weighted by molar-refractivity contribution is 0.122. The van der Waals surface area contributed by atoms with Crippen LogP contribution in [-0.2, 0) is 5.41 Å². The lowest BCUT2D eigenvalue weighted by Crippen LogP contribution is -2.67. The van der Waals surface area contributed by atoms with Crippen LogP contribution in [0, 0.1) is 149 Å². The van der Waals surface area contributed by atoms with E-state index in [-0.39, 0.29) is 11.1 Å². The monoisotopic (exact) mass is 685 g/mol. The van der Waals surface area contributed by atoms with E-state index in [1.165, 1.54) is 28.7 Å². The highest BCUT2D eigenvalue weighted by Gasteiger charge is 2.56. The molecule has 0 saturated heterocycles. The van der Waals surface area contributed by atoms with E-state index < -0.39 is 13.7 Å². The zero-order valence-corrected chi connectivity index (χ0v) is 33.0. The largest absolute Gasteiger partial charge is 0.314 e. The fourth-order valence-electron chi connectivity index (χ4n) is 8.92. The van der Waals surface area contributed by atoms with Gasteiger partial charge in [-0.1, -0.05) is 62.4 Å². The van der Waals surface area contributed by atoms with Gasteiger partial charge in [0.25, 0.3) is 0 Å². The van der Waals surface area contributed by atoms with Crippen molar-refractivity contribution in [2.24, 2.45) is 17.8 Å². The molecule has 3 aliphatic rings. The van der Waals surface area contributed by atoms with Crippen molar-refractivity contribution in [2.75, 3.05) is 0 Å². The number of allylic oxidation sites excluding steroid dienone is 4. The van der Waals surface area contributed by atoms with Gasteiger partial charge in [0.05, 0.1) is 5.41 Å². The summed E-state index contributed by atoms with van der Waals surface area (Å²) in [6, 6.07) is 8.76. The van der Waals surface area contributed by atoms with Gasteiger partial charge in [0.2, 0.25) is 0 Å². The highest BCUT2D eigenvalue weighted by atomic mass is 28.3. The van der Waals surface area contributed by atoms with Crippen molar-refractivity contribution in [3.63, 3.8) is 0 Å². The van der Waals surface area contributed by atoms with E-state index in [1.807, 2.05) is 0 Å². The van der Waals surface area contributed by atoms with E-state index >= 15 is 0 Å². The van der Waals surface area contributed by atoms with E-state index in [4.69, 9.17) is 6.42 Å². The second-order valence-electron chi connectivity index (χ2n) is 15.8. The van der Waals surface area contributed by atoms with E-state index in [9.17, 15) is 0 Å². The SMILES string of the molecule is C#CC#CC#CC#CC#CC#CC#CC#CC#CC#CC#CC1(C)C2=CC3C(C)CC([Si](C)(C)N(C(C)(C)C)C(C)(C)C)C3C=C2c2ccccc21. The van der Waals surface area contributed by atoms with Crippen LogP contribution < -0.4 is 0 Å². The molecule has 5 unspecified atom stereocenters. The molecule has 52 heavy (non-hydrogen) atoms. The summed E-state index contributed by atoms with van der Waals surface area (Å²) in [4.78, 5) is 0. The molecule has 0 aromatic heterocycles. The van der Waals surface area contributed by atoms with Gasteiger partial charge in [-0.25, -0.2) is 0 Å². The van der Waals surface area contributed by atoms with Crippen LogP contribution in [0.5, 0.6) is 0 Å². The normalized spacial score (nSPS) is 21.3. The average Bonchev–Trinajstić information content (AvgIpc) is 3.53. The fourth-order valence-corrected chi connectivity index (χ4v) is 14.9. The zero-order valence-electron chi connectivity index (χ0n) is 32.0. The predicted molar refractivity (Wildman–Crippen MR) is 220 cm³/mol. The fraction of sp³-hybridized carbons (Fsp3) is 0.360. The summed E-state index contributed by atoms with van der Waals surface area (Å²) in [5.41, 5.74) is 5.64. The summed E-state index contributed by atoms with van der Waals surface area (Å²) in [7, 11) is -1.89. The second kappa shape index (κ2) is 16.4. The zero-order chi connectivity index (χ0) is 38.0. The number of hydrogen-bond donors (Lipinski definition) is 0. The minimum absolute atomic E-state index is 0.0948. The first kappa shape index (κ1) is 38.8. The quantitative estimate of drug-likeness (QED) is 0.228. The van der Waals surface area contributed by atoms with Gasteiger partial charge in [0.15, 0.2) is 0 Å². The first-order chi connectivity index (χ1) is 24.6. The standard InChI is InChI=1S/C50H43NSi/c1-12-13-14-15-16-17-18-19-20-21-22-23-24-25-26-27-28-29-30-33-36-50(9)45-35-32-31-34-41(45)43-38-44-42(39-46(43)50)40(2)37-47(44)52(10,11)51(48(3,4)5)49(6,7)8/h1,31-32,34-35,38-40,42,44,47H,37H2,2-11H3. The molecule has 2 heteroatoms. The van der Waals surface area contributed by atoms with E-state index in [1.54, 1.807) is 0 Å². The molecule has 1 aromatic rings. The summed E-state index contributed by atoms with van der Waals surface area (Å²) in [5.74, 6) is 57.3. The highest BCUT2D eigenvalue weighted by molar-refractivity contribution is 6.76. The summed E-state index contributed by atoms with van der Waals surface area (Å²) < 4.78 is 2.90. The van der Waals surface area contributed by atoms with Gasteiger partial charge in [-0.05, 0) is 195 Å². The van der Waals surface area contributed by atoms with Gasteiger partial charge in [-0.3, -0.25) is 0 Å². The Kier molecular flexibility index (Phi) is 12.2. The molecule has 3 aliphatic carbocycles. The Bertz CT molecular complexity index is 2380. The van der Waals surface area contributed by atoms with Gasteiger partial charge >= 0.3 is 0 Å². The molecule has 5 atom stereocenters. The maximum atomic E-state index is 4.99. The highest BCUT2D eigenvalue weighted by Crippen LogP contribution is 2.60. The Morgan fingerprint density at radius 2 is 1.10 bits per heavy atom. The molecule has 0 bridgehead atoms. The number of nitrogens with zero attached hydrogens (tertiary/aromatic N) is 1. The summed E-state index contributed by atoms with van der Waals surface area (Å²) in [6.45, 7) is 24.3. The van der Waals surface area contributed by atoms with Crippen LogP contribution in [0.3, 0.4) is 0 Å². The van der Waals surface area contributed by atoms with Crippen LogP contribution in [0.15, 0.2) is 42.0 Å². The molecule has 1 nitrogen and oxygen atoms in total. The predicted octanol–water partition coefficient (Wildman–Crippen LogP) is 7.70. The molecule has 4 rings (SSSR count). The van der Waals surface area contributed by atoms with Crippen LogP contribution in [0.2, 0.25) is 18.6 Å². The van der Waals surface area contributed by atoms with Crippen molar-refractivity contribution < 1.29 is 0 Å². The maximum absolute atomic E-state index is 4.99. The van der Waals surface area contributed by atoms with E-state index in [2.05, 4.69) is 234 Å². The minimum Gasteiger partial charge on any atom is -0.314 e. The van der Waals surface area contributed by atoms with Gasteiger partial charge in [-0.15, -0.1) is 6.42 Å². The van der Waals surface area contributed by atoms with Gasteiger partial charge < -0.3 is 4.57 Å². The average molecular weight is 686 g/mol. The van der Waals surface area contributed by atoms with Crippen molar-refractivity contribution in [3.05, 3.63) is 53.1 Å². The van der Waals surface area contributed by atoms with Crippen LogP contribution in [0.1, 0.15) is 72.9 Å². The Morgan fingerprint density at radius 1 is 0.654 bits per heavy atom. The van der Waals surface area contributed by atoms with E-state index in [0.29, 0.717) is 23.3 Å². The Labute approximate surface area is 315 Å². The summed E-state index contributed by atoms with van der Waals surface area (Å²) in [6.07, 6.45) is 11.5. The number of rotatable bonds is 2. The summed E-state index contributed by atoms with van der Waals surface area (Å²) in [5, 5.41) is 0. The van der Waals surface area contributed by atoms with Crippen molar-refractivity contribution in [1.82, 2.24) is 4.57 Å². The Hall–Kier alpha value is -5.96. The van der Waals surface area contributed by atoms with Crippen LogP contribution in [0.4, 0.5) is 0 Å². The van der Waals surface area contributed by atoms with Gasteiger partial charge in [0, 0.05) is 34.8 Å². The molecule has 0 aliphatic heterocycles. The molecular formula is C50H43NSi. The van der Waals surface area contributed by atoms with Crippen molar-refractivity contribution >= 4 is 13.8 Å². The number of terminal acetylenes is 1. The first-order valence-electron chi connectivity index (χ1n) is 17.5. The second-order valence-corrected chi connectivity index (χ2v) is 20.3. The topological polar surface area (TPSA) is 3.24 Å². The maximum Gasteiger partial charge on any atom is 0.126 e. The van der Waals surface area contributed by atoms with Crippen molar-refractivity contribution in [1.29, 1.82) is 0 Å². The molecule has 0 radical (unpaired) electrons. The molecule has 0 spiro atoms. The number of benzene rings is 1. The van der Waals surface area contributed by atoms with Crippen LogP contribution >= 0.6 is 0 Å². The number of fused-ring (bicyclic) bond motifs is 4. The summed E-state index contributed by atoms with van der Waals surface area (Å²) >= 11 is 0. The van der Waals surface area contributed by atoms with Gasteiger partial charge in [-0.2, -0.15) is 0 Å². The van der Waals surface area contributed by atoms with E-state index in [0.717, 1.165) is 0 Å². The smallest absolute Gasteiger partial charge is 0.126 e.